The minimum absolute atomic E-state index is 0. The summed E-state index contributed by atoms with van der Waals surface area (Å²) in [4.78, 5) is 34.8. The van der Waals surface area contributed by atoms with Gasteiger partial charge >= 0.3 is 29.6 Å². The fraction of sp³-hybridized carbons (Fsp3) is 0.211. The van der Waals surface area contributed by atoms with E-state index in [9.17, 15) is 14.4 Å². The molecule has 7 nitrogen and oxygen atoms in total. The first-order chi connectivity index (χ1) is 13.1. The van der Waals surface area contributed by atoms with Gasteiger partial charge in [-0.2, -0.15) is 0 Å². The Labute approximate surface area is 187 Å². The van der Waals surface area contributed by atoms with E-state index in [-0.39, 0.29) is 48.0 Å². The molecule has 138 valence electrons. The van der Waals surface area contributed by atoms with E-state index in [0.717, 1.165) is 17.3 Å². The summed E-state index contributed by atoms with van der Waals surface area (Å²) < 4.78 is 11.4. The van der Waals surface area contributed by atoms with Gasteiger partial charge in [-0.1, -0.05) is 36.0 Å². The van der Waals surface area contributed by atoms with Crippen molar-refractivity contribution >= 4 is 28.8 Å². The smallest absolute Gasteiger partial charge is 0.585 e. The molecular formula is C19H15N2NaO5S. The molecule has 1 fully saturated rings. The number of nitrogens with zero attached hydrogens (tertiary/aromatic N) is 1. The SMILES string of the molecule is O=C1[N-]C(=O)C(Cc2ccc(OCC3NC(=O)c4ccccc4O3)cc2)S1.[Na+]. The standard InChI is InChI=1S/C19H16N2O5S.Na/c22-17-13-3-1-2-4-14(13)26-16(20-17)10-25-12-7-5-11(6-8-12)9-15-18(23)21-19(24)27-15;/h1-8,15-16H,9-10H2,(H2,20,21,22,23,24);/q;+1/p-1. The van der Waals surface area contributed by atoms with Gasteiger partial charge in [-0.3, -0.25) is 4.79 Å². The Morgan fingerprint density at radius 1 is 1.07 bits per heavy atom. The first-order valence-corrected chi connectivity index (χ1v) is 9.21. The Morgan fingerprint density at radius 3 is 2.54 bits per heavy atom. The van der Waals surface area contributed by atoms with Crippen LogP contribution in [0.3, 0.4) is 0 Å². The molecule has 4 rings (SSSR count). The molecule has 0 saturated carbocycles. The molecule has 0 bridgehead atoms. The monoisotopic (exact) mass is 406 g/mol. The normalized spacial score (nSPS) is 20.4. The molecule has 2 aromatic carbocycles. The largest absolute Gasteiger partial charge is 1.00 e. The molecule has 28 heavy (non-hydrogen) atoms. The van der Waals surface area contributed by atoms with E-state index in [0.29, 0.717) is 23.5 Å². The third-order valence-electron chi connectivity index (χ3n) is 4.16. The summed E-state index contributed by atoms with van der Waals surface area (Å²) >= 11 is 0.953. The molecule has 0 spiro atoms. The summed E-state index contributed by atoms with van der Waals surface area (Å²) in [5, 5.41) is 5.26. The summed E-state index contributed by atoms with van der Waals surface area (Å²) in [6.45, 7) is 0.157. The zero-order chi connectivity index (χ0) is 18.8. The van der Waals surface area contributed by atoms with E-state index in [4.69, 9.17) is 9.47 Å². The maximum atomic E-state index is 12.1. The van der Waals surface area contributed by atoms with Crippen LogP contribution >= 0.6 is 11.8 Å². The summed E-state index contributed by atoms with van der Waals surface area (Å²) in [6, 6.07) is 14.3. The van der Waals surface area contributed by atoms with E-state index >= 15 is 0 Å². The number of fused-ring (bicyclic) bond motifs is 1. The molecule has 2 aliphatic rings. The molecule has 0 aromatic heterocycles. The number of hydrogen-bond acceptors (Lipinski definition) is 6. The summed E-state index contributed by atoms with van der Waals surface area (Å²) in [5.41, 5.74) is 1.41. The topological polar surface area (TPSA) is 95.8 Å². The first kappa shape index (κ1) is 20.7. The quantitative estimate of drug-likeness (QED) is 0.697. The molecule has 2 unspecified atom stereocenters. The Kier molecular flexibility index (Phi) is 6.66. The zero-order valence-electron chi connectivity index (χ0n) is 15.1. The number of amides is 3. The fourth-order valence-corrected chi connectivity index (χ4v) is 3.65. The van der Waals surface area contributed by atoms with Gasteiger partial charge in [-0.05, 0) is 36.2 Å². The van der Waals surface area contributed by atoms with Crippen LogP contribution in [0.4, 0.5) is 4.79 Å². The Bertz CT molecular complexity index is 905. The van der Waals surface area contributed by atoms with Crippen LogP contribution in [-0.2, 0) is 11.2 Å². The molecule has 3 amide bonds. The zero-order valence-corrected chi connectivity index (χ0v) is 17.9. The van der Waals surface area contributed by atoms with Crippen molar-refractivity contribution in [2.45, 2.75) is 17.9 Å². The maximum absolute atomic E-state index is 12.1. The fourth-order valence-electron chi connectivity index (χ4n) is 2.84. The van der Waals surface area contributed by atoms with Gasteiger partial charge in [0.1, 0.15) is 23.3 Å². The Morgan fingerprint density at radius 2 is 1.82 bits per heavy atom. The molecule has 2 aliphatic heterocycles. The number of hydrogen-bond donors (Lipinski definition) is 1. The Hall–Kier alpha value is -2.00. The van der Waals surface area contributed by atoms with Crippen molar-refractivity contribution in [3.8, 4) is 11.5 Å². The average Bonchev–Trinajstić information content (AvgIpc) is 2.98. The molecule has 9 heteroatoms. The number of benzene rings is 2. The Balaban J connectivity index is 0.00000225. The summed E-state index contributed by atoms with van der Waals surface area (Å²) in [6.07, 6.45) is -0.135. The van der Waals surface area contributed by atoms with Crippen molar-refractivity contribution in [3.63, 3.8) is 0 Å². The number of para-hydroxylation sites is 1. The van der Waals surface area contributed by atoms with Gasteiger partial charge in [0.15, 0.2) is 0 Å². The second-order valence-electron chi connectivity index (χ2n) is 6.06. The third kappa shape index (κ3) is 4.70. The van der Waals surface area contributed by atoms with Crippen molar-refractivity contribution in [1.82, 2.24) is 5.32 Å². The molecule has 0 aliphatic carbocycles. The maximum Gasteiger partial charge on any atom is 1.00 e. The number of nitrogens with one attached hydrogen (secondary N) is 1. The van der Waals surface area contributed by atoms with Gasteiger partial charge in [0.25, 0.3) is 5.91 Å². The number of carbonyl (C=O) groups excluding carboxylic acids is 3. The van der Waals surface area contributed by atoms with Crippen LogP contribution in [0.15, 0.2) is 48.5 Å². The minimum Gasteiger partial charge on any atom is -0.585 e. The second-order valence-corrected chi connectivity index (χ2v) is 7.21. The number of imide groups is 1. The van der Waals surface area contributed by atoms with Crippen LogP contribution in [0.1, 0.15) is 15.9 Å². The van der Waals surface area contributed by atoms with E-state index in [1.807, 2.05) is 18.2 Å². The van der Waals surface area contributed by atoms with Gasteiger partial charge in [-0.25, -0.2) is 0 Å². The van der Waals surface area contributed by atoms with Crippen LogP contribution in [-0.4, -0.2) is 35.1 Å². The molecule has 0 radical (unpaired) electrons. The predicted octanol–water partition coefficient (Wildman–Crippen LogP) is -0.104. The van der Waals surface area contributed by atoms with Gasteiger partial charge in [0.05, 0.1) is 16.7 Å². The van der Waals surface area contributed by atoms with Crippen LogP contribution in [0.2, 0.25) is 0 Å². The number of thioether (sulfide) groups is 1. The summed E-state index contributed by atoms with van der Waals surface area (Å²) in [7, 11) is 0. The van der Waals surface area contributed by atoms with Crippen LogP contribution < -0.4 is 44.3 Å². The molecule has 2 atom stereocenters. The summed E-state index contributed by atoms with van der Waals surface area (Å²) in [5.74, 6) is 0.570. The number of carbonyl (C=O) groups is 3. The second kappa shape index (κ2) is 9.00. The molecule has 1 saturated heterocycles. The number of rotatable bonds is 5. The van der Waals surface area contributed by atoms with Crippen LogP contribution in [0.25, 0.3) is 5.32 Å². The van der Waals surface area contributed by atoms with Crippen molar-refractivity contribution in [3.05, 3.63) is 65.0 Å². The van der Waals surface area contributed by atoms with E-state index in [2.05, 4.69) is 10.6 Å². The van der Waals surface area contributed by atoms with Crippen molar-refractivity contribution in [2.24, 2.45) is 0 Å². The molecule has 1 N–H and O–H groups in total. The van der Waals surface area contributed by atoms with Crippen LogP contribution in [0, 0.1) is 0 Å². The van der Waals surface area contributed by atoms with Gasteiger partial charge in [0, 0.05) is 0 Å². The predicted molar refractivity (Wildman–Crippen MR) is 99.1 cm³/mol. The van der Waals surface area contributed by atoms with Gasteiger partial charge in [-0.15, -0.1) is 0 Å². The molecular weight excluding hydrogens is 391 g/mol. The third-order valence-corrected chi connectivity index (χ3v) is 5.10. The molecule has 2 heterocycles. The van der Waals surface area contributed by atoms with E-state index < -0.39 is 16.7 Å². The van der Waals surface area contributed by atoms with Gasteiger partial charge < -0.3 is 29.7 Å². The minimum atomic E-state index is -0.577. The van der Waals surface area contributed by atoms with Crippen molar-refractivity contribution in [2.75, 3.05) is 6.61 Å². The average molecular weight is 406 g/mol. The van der Waals surface area contributed by atoms with Crippen LogP contribution in [0.5, 0.6) is 11.5 Å². The van der Waals surface area contributed by atoms with Crippen molar-refractivity contribution < 1.29 is 53.4 Å². The first-order valence-electron chi connectivity index (χ1n) is 8.33. The van der Waals surface area contributed by atoms with Gasteiger partial charge in [0.2, 0.25) is 6.23 Å². The van der Waals surface area contributed by atoms with E-state index in [1.54, 1.807) is 30.3 Å². The van der Waals surface area contributed by atoms with E-state index in [1.165, 1.54) is 0 Å². The molecule has 2 aromatic rings. The van der Waals surface area contributed by atoms with Crippen molar-refractivity contribution in [1.29, 1.82) is 0 Å². The number of ether oxygens (including phenoxy) is 2.